The van der Waals surface area contributed by atoms with Gasteiger partial charge in [0.15, 0.2) is 0 Å². The Morgan fingerprint density at radius 3 is 3.07 bits per heavy atom. The van der Waals surface area contributed by atoms with Gasteiger partial charge in [-0.2, -0.15) is 0 Å². The van der Waals surface area contributed by atoms with E-state index in [1.54, 1.807) is 6.20 Å². The van der Waals surface area contributed by atoms with Gasteiger partial charge < -0.3 is 10.4 Å². The molecule has 0 amide bonds. The van der Waals surface area contributed by atoms with E-state index in [-0.39, 0.29) is 5.88 Å². The summed E-state index contributed by atoms with van der Waals surface area (Å²) in [5, 5.41) is 12.4. The highest BCUT2D eigenvalue weighted by Crippen LogP contribution is 2.12. The van der Waals surface area contributed by atoms with E-state index in [0.29, 0.717) is 11.6 Å². The van der Waals surface area contributed by atoms with Crippen LogP contribution in [-0.4, -0.2) is 28.2 Å². The highest BCUT2D eigenvalue weighted by atomic mass is 16.3. The molecule has 0 aliphatic heterocycles. The third kappa shape index (κ3) is 3.14. The molecule has 0 spiro atoms. The lowest BCUT2D eigenvalue weighted by molar-refractivity contribution is 0.450. The van der Waals surface area contributed by atoms with Crippen LogP contribution < -0.4 is 5.32 Å². The summed E-state index contributed by atoms with van der Waals surface area (Å²) in [4.78, 5) is 7.50. The second-order valence-electron chi connectivity index (χ2n) is 3.13. The van der Waals surface area contributed by atoms with Gasteiger partial charge in [-0.05, 0) is 20.4 Å². The molecular weight excluding hydrogens is 178 g/mol. The molecule has 0 fully saturated rings. The molecule has 0 radical (unpaired) electrons. The summed E-state index contributed by atoms with van der Waals surface area (Å²) in [5.74, 6) is 0.0216. The normalized spacial score (nSPS) is 13.3. The minimum absolute atomic E-state index is 0.0216. The molecule has 0 bridgehead atoms. The second-order valence-corrected chi connectivity index (χ2v) is 3.13. The Bertz CT molecular complexity index is 312. The Balaban J connectivity index is 2.56. The van der Waals surface area contributed by atoms with Gasteiger partial charge in [0.25, 0.3) is 0 Å². The molecular formula is C10H15N3O. The molecule has 1 rings (SSSR count). The molecule has 1 heterocycles. The summed E-state index contributed by atoms with van der Waals surface area (Å²) in [6.45, 7) is 2.09. The van der Waals surface area contributed by atoms with Crippen molar-refractivity contribution in [3.63, 3.8) is 0 Å². The van der Waals surface area contributed by atoms with Crippen molar-refractivity contribution in [3.05, 3.63) is 24.2 Å². The Morgan fingerprint density at radius 1 is 1.64 bits per heavy atom. The van der Waals surface area contributed by atoms with Gasteiger partial charge in [0, 0.05) is 12.2 Å². The summed E-state index contributed by atoms with van der Waals surface area (Å²) in [6.07, 6.45) is 7.62. The standard InChI is InChI=1S/C10H15N3O/c1-8(11-2)4-3-5-9-6-12-7-13-10(9)14/h3,5-8,11H,4H2,1-2H3,(H,12,13,14)/b5-3+. The molecule has 1 aromatic heterocycles. The molecule has 0 aliphatic carbocycles. The first-order valence-electron chi connectivity index (χ1n) is 4.57. The van der Waals surface area contributed by atoms with Crippen LogP contribution in [0.3, 0.4) is 0 Å². The van der Waals surface area contributed by atoms with Gasteiger partial charge in [-0.25, -0.2) is 9.97 Å². The van der Waals surface area contributed by atoms with Crippen LogP contribution in [-0.2, 0) is 0 Å². The van der Waals surface area contributed by atoms with Gasteiger partial charge in [-0.1, -0.05) is 12.2 Å². The molecule has 0 aromatic carbocycles. The van der Waals surface area contributed by atoms with Gasteiger partial charge in [-0.3, -0.25) is 0 Å². The third-order valence-electron chi connectivity index (χ3n) is 2.00. The fourth-order valence-electron chi connectivity index (χ4n) is 0.968. The Kier molecular flexibility index (Phi) is 4.07. The molecule has 2 N–H and O–H groups in total. The Hall–Kier alpha value is -1.42. The number of nitrogens with one attached hydrogen (secondary N) is 1. The number of hydrogen-bond acceptors (Lipinski definition) is 4. The lowest BCUT2D eigenvalue weighted by Gasteiger charge is -2.04. The average Bonchev–Trinajstić information content (AvgIpc) is 2.20. The quantitative estimate of drug-likeness (QED) is 0.754. The summed E-state index contributed by atoms with van der Waals surface area (Å²) < 4.78 is 0. The molecule has 4 nitrogen and oxygen atoms in total. The van der Waals surface area contributed by atoms with Crippen LogP contribution >= 0.6 is 0 Å². The van der Waals surface area contributed by atoms with E-state index >= 15 is 0 Å². The van der Waals surface area contributed by atoms with E-state index in [9.17, 15) is 5.11 Å². The molecule has 14 heavy (non-hydrogen) atoms. The first-order chi connectivity index (χ1) is 6.74. The maximum atomic E-state index is 9.31. The van der Waals surface area contributed by atoms with Crippen molar-refractivity contribution in [2.75, 3.05) is 7.05 Å². The summed E-state index contributed by atoms with van der Waals surface area (Å²) in [7, 11) is 1.92. The number of rotatable bonds is 4. The lowest BCUT2D eigenvalue weighted by atomic mass is 10.2. The SMILES string of the molecule is CNC(C)C/C=C/c1cncnc1O. The number of hydrogen-bond donors (Lipinski definition) is 2. The smallest absolute Gasteiger partial charge is 0.221 e. The predicted octanol–water partition coefficient (Wildman–Crippen LogP) is 1.19. The topological polar surface area (TPSA) is 58.0 Å². The first kappa shape index (κ1) is 10.7. The molecule has 0 aliphatic rings. The van der Waals surface area contributed by atoms with Crippen molar-refractivity contribution in [3.8, 4) is 5.88 Å². The monoisotopic (exact) mass is 193 g/mol. The van der Waals surface area contributed by atoms with E-state index in [0.717, 1.165) is 6.42 Å². The van der Waals surface area contributed by atoms with Crippen molar-refractivity contribution in [1.82, 2.24) is 15.3 Å². The van der Waals surface area contributed by atoms with Crippen molar-refractivity contribution < 1.29 is 5.11 Å². The van der Waals surface area contributed by atoms with Gasteiger partial charge in [-0.15, -0.1) is 0 Å². The van der Waals surface area contributed by atoms with E-state index in [1.165, 1.54) is 6.33 Å². The Labute approximate surface area is 83.7 Å². The van der Waals surface area contributed by atoms with Gasteiger partial charge in [0.05, 0.1) is 5.56 Å². The molecule has 1 unspecified atom stereocenters. The van der Waals surface area contributed by atoms with Crippen molar-refractivity contribution in [2.45, 2.75) is 19.4 Å². The molecule has 4 heteroatoms. The van der Waals surface area contributed by atoms with E-state index < -0.39 is 0 Å². The zero-order chi connectivity index (χ0) is 10.4. The minimum atomic E-state index is 0.0216. The van der Waals surface area contributed by atoms with Crippen molar-refractivity contribution in [1.29, 1.82) is 0 Å². The van der Waals surface area contributed by atoms with Crippen LogP contribution in [0.5, 0.6) is 5.88 Å². The lowest BCUT2D eigenvalue weighted by Crippen LogP contribution is -2.19. The summed E-state index contributed by atoms with van der Waals surface area (Å²) >= 11 is 0. The van der Waals surface area contributed by atoms with E-state index in [1.807, 2.05) is 19.2 Å². The average molecular weight is 193 g/mol. The van der Waals surface area contributed by atoms with Crippen LogP contribution in [0.2, 0.25) is 0 Å². The second kappa shape index (κ2) is 5.34. The summed E-state index contributed by atoms with van der Waals surface area (Å²) in [5.41, 5.74) is 0.649. The molecule has 0 saturated carbocycles. The largest absolute Gasteiger partial charge is 0.493 e. The van der Waals surface area contributed by atoms with Crippen LogP contribution in [0.15, 0.2) is 18.6 Å². The van der Waals surface area contributed by atoms with Crippen LogP contribution in [0, 0.1) is 0 Å². The third-order valence-corrected chi connectivity index (χ3v) is 2.00. The molecule has 76 valence electrons. The van der Waals surface area contributed by atoms with Crippen molar-refractivity contribution in [2.24, 2.45) is 0 Å². The number of aromatic nitrogens is 2. The van der Waals surface area contributed by atoms with E-state index in [2.05, 4.69) is 22.2 Å². The van der Waals surface area contributed by atoms with Crippen molar-refractivity contribution >= 4 is 6.08 Å². The van der Waals surface area contributed by atoms with Gasteiger partial charge in [0.1, 0.15) is 6.33 Å². The van der Waals surface area contributed by atoms with E-state index in [4.69, 9.17) is 0 Å². The Morgan fingerprint density at radius 2 is 2.43 bits per heavy atom. The van der Waals surface area contributed by atoms with Gasteiger partial charge in [0.2, 0.25) is 5.88 Å². The molecule has 1 atom stereocenters. The van der Waals surface area contributed by atoms with Crippen LogP contribution in [0.1, 0.15) is 18.9 Å². The zero-order valence-electron chi connectivity index (χ0n) is 8.44. The molecule has 1 aromatic rings. The highest BCUT2D eigenvalue weighted by Gasteiger charge is 1.97. The maximum absolute atomic E-state index is 9.31. The zero-order valence-corrected chi connectivity index (χ0v) is 8.44. The maximum Gasteiger partial charge on any atom is 0.221 e. The van der Waals surface area contributed by atoms with Crippen LogP contribution in [0.25, 0.3) is 6.08 Å². The summed E-state index contributed by atoms with van der Waals surface area (Å²) in [6, 6.07) is 0.429. The fourth-order valence-corrected chi connectivity index (χ4v) is 0.968. The number of aromatic hydroxyl groups is 1. The van der Waals surface area contributed by atoms with Gasteiger partial charge >= 0.3 is 0 Å². The molecule has 0 saturated heterocycles. The first-order valence-corrected chi connectivity index (χ1v) is 4.57. The number of nitrogens with zero attached hydrogens (tertiary/aromatic N) is 2. The fraction of sp³-hybridized carbons (Fsp3) is 0.400. The minimum Gasteiger partial charge on any atom is -0.493 e. The highest BCUT2D eigenvalue weighted by molar-refractivity contribution is 5.52. The predicted molar refractivity (Wildman–Crippen MR) is 55.9 cm³/mol. The van der Waals surface area contributed by atoms with Crippen LogP contribution in [0.4, 0.5) is 0 Å².